The molecule has 0 aromatic heterocycles. The highest BCUT2D eigenvalue weighted by Gasteiger charge is 2.52. The largest absolute Gasteiger partial charge is 0.416 e. The zero-order valence-corrected chi connectivity index (χ0v) is 25.9. The lowest BCUT2D eigenvalue weighted by atomic mass is 9.76. The third-order valence-electron chi connectivity index (χ3n) is 8.05. The number of nitrogens with one attached hydrogen (secondary N) is 2. The molecule has 2 aromatic rings. The molecule has 0 saturated heterocycles. The van der Waals surface area contributed by atoms with Crippen molar-refractivity contribution in [2.75, 3.05) is 26.2 Å². The Balaban J connectivity index is 1.94. The van der Waals surface area contributed by atoms with Crippen molar-refractivity contribution in [2.45, 2.75) is 77.2 Å². The standard InChI is InChI=1S/C33H46F3N5O3/c1-4-7-17-40(18-8-5-2)30(43)28-21-32(31(37)44,39-41(28)6-3)27(20-24-13-10-9-11-14-24)29(42)23-38-22-25-15-12-16-26(19-25)33(34,35)36/h9-16,19,21,27,29,38-39,42H,4-8,17-18,20,22-23H2,1-3H3,(H2,37,44)/t27-,29+,32?/m1/s1. The van der Waals surface area contributed by atoms with E-state index >= 15 is 0 Å². The third-order valence-corrected chi connectivity index (χ3v) is 8.05. The molecule has 44 heavy (non-hydrogen) atoms. The van der Waals surface area contributed by atoms with E-state index in [1.165, 1.54) is 6.07 Å². The Bertz CT molecular complexity index is 1250. The van der Waals surface area contributed by atoms with Crippen LogP contribution in [-0.2, 0) is 28.7 Å². The number of likely N-dealkylation sites (N-methyl/N-ethyl adjacent to an activating group) is 1. The first-order chi connectivity index (χ1) is 21.0. The molecule has 2 aromatic carbocycles. The fourth-order valence-corrected chi connectivity index (χ4v) is 5.54. The van der Waals surface area contributed by atoms with Crippen LogP contribution in [0.25, 0.3) is 0 Å². The van der Waals surface area contributed by atoms with E-state index < -0.39 is 35.2 Å². The van der Waals surface area contributed by atoms with Crippen LogP contribution in [0, 0.1) is 5.92 Å². The zero-order chi connectivity index (χ0) is 32.3. The lowest BCUT2D eigenvalue weighted by Crippen LogP contribution is -2.63. The highest BCUT2D eigenvalue weighted by Crippen LogP contribution is 2.34. The summed E-state index contributed by atoms with van der Waals surface area (Å²) in [6.45, 7) is 7.55. The number of hydrogen-bond donors (Lipinski definition) is 4. The molecule has 0 fully saturated rings. The summed E-state index contributed by atoms with van der Waals surface area (Å²) in [5.41, 5.74) is 8.47. The number of aliphatic hydroxyl groups excluding tert-OH is 1. The van der Waals surface area contributed by atoms with Gasteiger partial charge in [0.15, 0.2) is 0 Å². The van der Waals surface area contributed by atoms with Crippen molar-refractivity contribution in [3.63, 3.8) is 0 Å². The van der Waals surface area contributed by atoms with Crippen LogP contribution in [0.4, 0.5) is 13.2 Å². The van der Waals surface area contributed by atoms with E-state index in [1.807, 2.05) is 37.3 Å². The number of carbonyl (C=O) groups excluding carboxylic acids is 2. The second-order valence-electron chi connectivity index (χ2n) is 11.3. The number of aliphatic hydroxyl groups is 1. The van der Waals surface area contributed by atoms with Crippen LogP contribution in [0.1, 0.15) is 63.1 Å². The number of unbranched alkanes of at least 4 members (excludes halogenated alkanes) is 2. The molecule has 0 bridgehead atoms. The molecule has 11 heteroatoms. The van der Waals surface area contributed by atoms with Crippen molar-refractivity contribution in [3.05, 3.63) is 83.1 Å². The first-order valence-electron chi connectivity index (χ1n) is 15.4. The van der Waals surface area contributed by atoms with Crippen LogP contribution in [0.2, 0.25) is 0 Å². The molecule has 242 valence electrons. The first kappa shape index (κ1) is 35.1. The van der Waals surface area contributed by atoms with Gasteiger partial charge in [-0.05, 0) is 49.5 Å². The normalized spacial score (nSPS) is 18.2. The molecule has 1 aliphatic heterocycles. The van der Waals surface area contributed by atoms with Gasteiger partial charge in [0.05, 0.1) is 11.7 Å². The minimum Gasteiger partial charge on any atom is -0.391 e. The smallest absolute Gasteiger partial charge is 0.391 e. The Morgan fingerprint density at radius 3 is 2.23 bits per heavy atom. The summed E-state index contributed by atoms with van der Waals surface area (Å²) in [5.74, 6) is -1.78. The summed E-state index contributed by atoms with van der Waals surface area (Å²) < 4.78 is 39.6. The number of hydrazine groups is 1. The molecule has 3 atom stereocenters. The monoisotopic (exact) mass is 617 g/mol. The highest BCUT2D eigenvalue weighted by molar-refractivity contribution is 5.97. The lowest BCUT2D eigenvalue weighted by Gasteiger charge is -2.38. The van der Waals surface area contributed by atoms with Crippen molar-refractivity contribution in [2.24, 2.45) is 11.7 Å². The van der Waals surface area contributed by atoms with Gasteiger partial charge in [0.25, 0.3) is 5.91 Å². The number of primary amides is 1. The maximum Gasteiger partial charge on any atom is 0.416 e. The quantitative estimate of drug-likeness (QED) is 0.210. The maximum absolute atomic E-state index is 13.9. The number of benzene rings is 2. The third kappa shape index (κ3) is 8.83. The molecule has 1 unspecified atom stereocenters. The number of rotatable bonds is 17. The van der Waals surface area contributed by atoms with Gasteiger partial charge in [0.2, 0.25) is 5.91 Å². The van der Waals surface area contributed by atoms with Crippen LogP contribution >= 0.6 is 0 Å². The van der Waals surface area contributed by atoms with E-state index in [0.29, 0.717) is 30.9 Å². The summed E-state index contributed by atoms with van der Waals surface area (Å²) in [6, 6.07) is 14.3. The summed E-state index contributed by atoms with van der Waals surface area (Å²) in [7, 11) is 0. The maximum atomic E-state index is 13.9. The van der Waals surface area contributed by atoms with Crippen molar-refractivity contribution in [3.8, 4) is 0 Å². The average Bonchev–Trinajstić information content (AvgIpc) is 3.41. The van der Waals surface area contributed by atoms with Crippen LogP contribution in [0.3, 0.4) is 0 Å². The van der Waals surface area contributed by atoms with E-state index in [2.05, 4.69) is 24.6 Å². The molecule has 2 amide bonds. The summed E-state index contributed by atoms with van der Waals surface area (Å²) in [4.78, 5) is 29.0. The van der Waals surface area contributed by atoms with Crippen LogP contribution < -0.4 is 16.5 Å². The van der Waals surface area contributed by atoms with Gasteiger partial charge in [0.1, 0.15) is 11.2 Å². The molecule has 3 rings (SSSR count). The van der Waals surface area contributed by atoms with Gasteiger partial charge >= 0.3 is 6.18 Å². The lowest BCUT2D eigenvalue weighted by molar-refractivity contribution is -0.137. The second-order valence-corrected chi connectivity index (χ2v) is 11.3. The van der Waals surface area contributed by atoms with Crippen LogP contribution in [0.5, 0.6) is 0 Å². The van der Waals surface area contributed by atoms with Gasteiger partial charge in [-0.3, -0.25) is 9.59 Å². The number of amides is 2. The molecule has 0 aliphatic carbocycles. The number of hydrogen-bond acceptors (Lipinski definition) is 6. The average molecular weight is 618 g/mol. The van der Waals surface area contributed by atoms with E-state index in [4.69, 9.17) is 5.73 Å². The topological polar surface area (TPSA) is 111 Å². The fourth-order valence-electron chi connectivity index (χ4n) is 5.54. The minimum absolute atomic E-state index is 0.0349. The molecule has 1 heterocycles. The minimum atomic E-state index is -4.46. The van der Waals surface area contributed by atoms with Gasteiger partial charge < -0.3 is 26.1 Å². The van der Waals surface area contributed by atoms with E-state index in [9.17, 15) is 27.9 Å². The Hall–Kier alpha value is -3.41. The van der Waals surface area contributed by atoms with Gasteiger partial charge in [-0.25, -0.2) is 5.43 Å². The zero-order valence-electron chi connectivity index (χ0n) is 25.9. The van der Waals surface area contributed by atoms with Gasteiger partial charge in [-0.15, -0.1) is 0 Å². The van der Waals surface area contributed by atoms with Gasteiger partial charge in [-0.2, -0.15) is 13.2 Å². The Morgan fingerprint density at radius 1 is 1.02 bits per heavy atom. The van der Waals surface area contributed by atoms with E-state index in [1.54, 1.807) is 22.1 Å². The van der Waals surface area contributed by atoms with Gasteiger partial charge in [0, 0.05) is 38.6 Å². The summed E-state index contributed by atoms with van der Waals surface area (Å²) in [5, 5.41) is 16.3. The van der Waals surface area contributed by atoms with Gasteiger partial charge in [-0.1, -0.05) is 75.2 Å². The van der Waals surface area contributed by atoms with E-state index in [-0.39, 0.29) is 25.4 Å². The predicted octanol–water partition coefficient (Wildman–Crippen LogP) is 4.39. The highest BCUT2D eigenvalue weighted by atomic mass is 19.4. The van der Waals surface area contributed by atoms with Crippen molar-refractivity contribution in [1.29, 1.82) is 0 Å². The predicted molar refractivity (Wildman–Crippen MR) is 165 cm³/mol. The molecular weight excluding hydrogens is 571 g/mol. The summed E-state index contributed by atoms with van der Waals surface area (Å²) in [6.07, 6.45) is -0.283. The van der Waals surface area contributed by atoms with Crippen LogP contribution in [0.15, 0.2) is 66.4 Å². The molecule has 0 spiro atoms. The SMILES string of the molecule is CCCCN(CCCC)C(=O)C1=CC(C(N)=O)([C@H](Cc2ccccc2)[C@@H](O)CNCc2cccc(C(F)(F)F)c2)NN1CC. The number of halogens is 3. The van der Waals surface area contributed by atoms with Crippen molar-refractivity contribution in [1.82, 2.24) is 20.7 Å². The fraction of sp³-hybridized carbons (Fsp3) is 0.515. The molecule has 0 radical (unpaired) electrons. The van der Waals surface area contributed by atoms with E-state index in [0.717, 1.165) is 43.4 Å². The molecule has 0 saturated carbocycles. The Morgan fingerprint density at radius 2 is 1.66 bits per heavy atom. The van der Waals surface area contributed by atoms with Crippen molar-refractivity contribution < 1.29 is 27.9 Å². The Labute approximate surface area is 258 Å². The molecule has 1 aliphatic rings. The molecule has 5 N–H and O–H groups in total. The number of nitrogens with two attached hydrogens (primary N) is 1. The summed E-state index contributed by atoms with van der Waals surface area (Å²) >= 11 is 0. The Kier molecular flexibility index (Phi) is 12.8. The molecular formula is C33H46F3N5O3. The second kappa shape index (κ2) is 16.1. The first-order valence-corrected chi connectivity index (χ1v) is 15.4. The number of nitrogens with zero attached hydrogens (tertiary/aromatic N) is 2. The molecule has 8 nitrogen and oxygen atoms in total. The van der Waals surface area contributed by atoms with Crippen molar-refractivity contribution >= 4 is 11.8 Å². The number of alkyl halides is 3. The number of carbonyl (C=O) groups is 2. The van der Waals surface area contributed by atoms with Crippen LogP contribution in [-0.4, -0.2) is 64.7 Å².